The number of carboxylic acids is 1. The lowest BCUT2D eigenvalue weighted by atomic mass is 10.0. The Hall–Kier alpha value is -2.18. The first-order chi connectivity index (χ1) is 12.1. The second-order valence-corrected chi connectivity index (χ2v) is 6.66. The summed E-state index contributed by atoms with van der Waals surface area (Å²) in [5.74, 6) is -0.475. The number of aromatic nitrogens is 2. The average molecular weight is 361 g/mol. The zero-order valence-electron chi connectivity index (χ0n) is 13.9. The van der Waals surface area contributed by atoms with E-state index in [9.17, 15) is 4.79 Å². The molecule has 1 aromatic heterocycles. The molecule has 6 nitrogen and oxygen atoms in total. The lowest BCUT2D eigenvalue weighted by molar-refractivity contribution is 0.0690. The summed E-state index contributed by atoms with van der Waals surface area (Å²) in [7, 11) is 0. The molecular weight excluding hydrogens is 340 g/mol. The van der Waals surface area contributed by atoms with Crippen LogP contribution in [0, 0.1) is 0 Å². The highest BCUT2D eigenvalue weighted by molar-refractivity contribution is 6.30. The zero-order chi connectivity index (χ0) is 17.6. The molecule has 1 aliphatic heterocycles. The first-order valence-electron chi connectivity index (χ1n) is 8.39. The van der Waals surface area contributed by atoms with Gasteiger partial charge in [0.25, 0.3) is 0 Å². The van der Waals surface area contributed by atoms with Gasteiger partial charge in [0.1, 0.15) is 5.82 Å². The number of halogens is 1. The molecule has 0 bridgehead atoms. The molecule has 1 fully saturated rings. The molecule has 0 spiro atoms. The lowest BCUT2D eigenvalue weighted by Gasteiger charge is -2.36. The summed E-state index contributed by atoms with van der Waals surface area (Å²) < 4.78 is 0. The van der Waals surface area contributed by atoms with E-state index in [1.54, 1.807) is 0 Å². The van der Waals surface area contributed by atoms with Gasteiger partial charge in [-0.25, -0.2) is 14.8 Å². The van der Waals surface area contributed by atoms with Crippen molar-refractivity contribution in [3.8, 4) is 0 Å². The number of aromatic carboxylic acids is 1. The van der Waals surface area contributed by atoms with Gasteiger partial charge in [-0.2, -0.15) is 0 Å². The number of piperidine rings is 1. The molecule has 0 radical (unpaired) electrons. The summed E-state index contributed by atoms with van der Waals surface area (Å²) in [5.41, 5.74) is 1.16. The van der Waals surface area contributed by atoms with Gasteiger partial charge >= 0.3 is 5.97 Å². The molecule has 2 N–H and O–H groups in total. The number of nitrogens with zero attached hydrogens (tertiary/aromatic N) is 3. The fourth-order valence-electron chi connectivity index (χ4n) is 3.12. The number of carboxylic acid groups (broad SMARTS) is 1. The highest BCUT2D eigenvalue weighted by atomic mass is 35.5. The van der Waals surface area contributed by atoms with E-state index in [-0.39, 0.29) is 5.69 Å². The van der Waals surface area contributed by atoms with Gasteiger partial charge in [-0.15, -0.1) is 0 Å². The Balaban J connectivity index is 1.60. The second kappa shape index (κ2) is 8.27. The smallest absolute Gasteiger partial charge is 0.356 e. The van der Waals surface area contributed by atoms with Crippen LogP contribution in [0.4, 0.5) is 5.82 Å². The Morgan fingerprint density at radius 1 is 1.32 bits per heavy atom. The molecule has 1 atom stereocenters. The molecule has 1 saturated heterocycles. The predicted molar refractivity (Wildman–Crippen MR) is 97.0 cm³/mol. The summed E-state index contributed by atoms with van der Waals surface area (Å²) in [6.07, 6.45) is 6.27. The Bertz CT molecular complexity index is 723. The Morgan fingerprint density at radius 3 is 2.92 bits per heavy atom. The van der Waals surface area contributed by atoms with E-state index < -0.39 is 5.97 Å². The number of likely N-dealkylation sites (tertiary alicyclic amines) is 1. The van der Waals surface area contributed by atoms with Crippen molar-refractivity contribution in [3.63, 3.8) is 0 Å². The number of hydrogen-bond acceptors (Lipinski definition) is 5. The fourth-order valence-corrected chi connectivity index (χ4v) is 3.33. The Labute approximate surface area is 151 Å². The van der Waals surface area contributed by atoms with Crippen LogP contribution < -0.4 is 5.32 Å². The predicted octanol–water partition coefficient (Wildman–Crippen LogP) is 3.29. The van der Waals surface area contributed by atoms with Crippen LogP contribution in [-0.2, 0) is 6.54 Å². The summed E-state index contributed by atoms with van der Waals surface area (Å²) in [5, 5.41) is 12.9. The van der Waals surface area contributed by atoms with E-state index in [2.05, 4.69) is 26.3 Å². The molecule has 0 amide bonds. The van der Waals surface area contributed by atoms with Gasteiger partial charge in [0, 0.05) is 24.2 Å². The largest absolute Gasteiger partial charge is 0.476 e. The number of hydrogen-bond donors (Lipinski definition) is 2. The maximum atomic E-state index is 10.8. The van der Waals surface area contributed by atoms with E-state index in [0.29, 0.717) is 11.9 Å². The minimum Gasteiger partial charge on any atom is -0.476 e. The number of rotatable bonds is 6. The standard InChI is InChI=1S/C18H21ClN4O2/c19-14-5-3-4-13(8-14)12-23-7-2-1-6-15(23)9-21-17-11-20-16(10-22-17)18(24)25/h3-5,8,10-11,15H,1-2,6-7,9,12H2,(H,21,22)(H,24,25). The molecule has 2 heterocycles. The van der Waals surface area contributed by atoms with Crippen LogP contribution in [0.5, 0.6) is 0 Å². The quantitative estimate of drug-likeness (QED) is 0.823. The van der Waals surface area contributed by atoms with Crippen LogP contribution in [0.1, 0.15) is 35.3 Å². The minimum absolute atomic E-state index is 0.0502. The van der Waals surface area contributed by atoms with E-state index in [1.165, 1.54) is 30.8 Å². The SMILES string of the molecule is O=C(O)c1cnc(NCC2CCCCN2Cc2cccc(Cl)c2)cn1. The van der Waals surface area contributed by atoms with Gasteiger partial charge in [0.2, 0.25) is 0 Å². The average Bonchev–Trinajstić information content (AvgIpc) is 2.61. The topological polar surface area (TPSA) is 78.3 Å². The highest BCUT2D eigenvalue weighted by Gasteiger charge is 2.22. The summed E-state index contributed by atoms with van der Waals surface area (Å²) >= 11 is 6.09. The fraction of sp³-hybridized carbons (Fsp3) is 0.389. The highest BCUT2D eigenvalue weighted by Crippen LogP contribution is 2.21. The molecule has 1 aromatic carbocycles. The molecule has 7 heteroatoms. The van der Waals surface area contributed by atoms with Gasteiger partial charge in [-0.1, -0.05) is 30.2 Å². The zero-order valence-corrected chi connectivity index (χ0v) is 14.6. The van der Waals surface area contributed by atoms with Crippen molar-refractivity contribution in [1.82, 2.24) is 14.9 Å². The van der Waals surface area contributed by atoms with Gasteiger partial charge in [0.05, 0.1) is 12.4 Å². The molecule has 0 aliphatic carbocycles. The monoisotopic (exact) mass is 360 g/mol. The van der Waals surface area contributed by atoms with Gasteiger partial charge < -0.3 is 10.4 Å². The third-order valence-corrected chi connectivity index (χ3v) is 4.65. The van der Waals surface area contributed by atoms with Crippen molar-refractivity contribution in [2.24, 2.45) is 0 Å². The van der Waals surface area contributed by atoms with E-state index in [0.717, 1.165) is 31.1 Å². The first-order valence-corrected chi connectivity index (χ1v) is 8.77. The van der Waals surface area contributed by atoms with Gasteiger partial charge in [-0.05, 0) is 37.1 Å². The van der Waals surface area contributed by atoms with Gasteiger partial charge in [0.15, 0.2) is 5.69 Å². The van der Waals surface area contributed by atoms with Crippen LogP contribution >= 0.6 is 11.6 Å². The third-order valence-electron chi connectivity index (χ3n) is 4.41. The van der Waals surface area contributed by atoms with Gasteiger partial charge in [-0.3, -0.25) is 4.90 Å². The maximum absolute atomic E-state index is 10.8. The molecule has 3 rings (SSSR count). The number of anilines is 1. The van der Waals surface area contributed by atoms with Crippen molar-refractivity contribution in [3.05, 3.63) is 52.9 Å². The molecule has 1 aliphatic rings. The second-order valence-electron chi connectivity index (χ2n) is 6.22. The van der Waals surface area contributed by atoms with E-state index in [1.807, 2.05) is 18.2 Å². The minimum atomic E-state index is -1.07. The maximum Gasteiger partial charge on any atom is 0.356 e. The van der Waals surface area contributed by atoms with E-state index >= 15 is 0 Å². The van der Waals surface area contributed by atoms with Crippen molar-refractivity contribution >= 4 is 23.4 Å². The molecule has 2 aromatic rings. The summed E-state index contributed by atoms with van der Waals surface area (Å²) in [6.45, 7) is 2.68. The summed E-state index contributed by atoms with van der Waals surface area (Å²) in [6, 6.07) is 8.38. The first kappa shape index (κ1) is 17.6. The van der Waals surface area contributed by atoms with E-state index in [4.69, 9.17) is 16.7 Å². The van der Waals surface area contributed by atoms with Crippen molar-refractivity contribution in [2.45, 2.75) is 31.8 Å². The van der Waals surface area contributed by atoms with Crippen molar-refractivity contribution < 1.29 is 9.90 Å². The molecular formula is C18H21ClN4O2. The molecule has 25 heavy (non-hydrogen) atoms. The van der Waals surface area contributed by atoms with Crippen LogP contribution in [-0.4, -0.2) is 45.1 Å². The molecule has 132 valence electrons. The number of nitrogens with one attached hydrogen (secondary N) is 1. The van der Waals surface area contributed by atoms with Crippen LogP contribution in [0.15, 0.2) is 36.7 Å². The van der Waals surface area contributed by atoms with Crippen molar-refractivity contribution in [1.29, 1.82) is 0 Å². The lowest BCUT2D eigenvalue weighted by Crippen LogP contribution is -2.43. The Kier molecular flexibility index (Phi) is 5.83. The van der Waals surface area contributed by atoms with Crippen LogP contribution in [0.2, 0.25) is 5.02 Å². The molecule has 0 saturated carbocycles. The van der Waals surface area contributed by atoms with Crippen molar-refractivity contribution in [2.75, 3.05) is 18.4 Å². The van der Waals surface area contributed by atoms with Crippen LogP contribution in [0.25, 0.3) is 0 Å². The number of carbonyl (C=O) groups is 1. The van der Waals surface area contributed by atoms with Crippen LogP contribution in [0.3, 0.4) is 0 Å². The molecule has 1 unspecified atom stereocenters. The third kappa shape index (κ3) is 4.90. The summed E-state index contributed by atoms with van der Waals surface area (Å²) in [4.78, 5) is 21.3. The normalized spacial score (nSPS) is 18.0. The Morgan fingerprint density at radius 2 is 2.20 bits per heavy atom. The number of benzene rings is 1.